The zero-order chi connectivity index (χ0) is 15.6. The average molecular weight is 409 g/mol. The van der Waals surface area contributed by atoms with Gasteiger partial charge in [0.05, 0.1) is 0 Å². The Balaban J connectivity index is 1.64. The van der Waals surface area contributed by atoms with Gasteiger partial charge in [-0.15, -0.1) is 0 Å². The van der Waals surface area contributed by atoms with Crippen molar-refractivity contribution in [2.75, 3.05) is 0 Å². The van der Waals surface area contributed by atoms with E-state index in [0.717, 1.165) is 5.75 Å². The van der Waals surface area contributed by atoms with Crippen LogP contribution < -0.4 is 25.9 Å². The zero-order valence-corrected chi connectivity index (χ0v) is 14.7. The molecule has 22 heavy (non-hydrogen) atoms. The van der Waals surface area contributed by atoms with Crippen LogP contribution in [0, 0.1) is 7.14 Å². The fourth-order valence-electron chi connectivity index (χ4n) is 2.34. The van der Waals surface area contributed by atoms with Crippen molar-refractivity contribution >= 4 is 5.97 Å². The van der Waals surface area contributed by atoms with E-state index in [4.69, 9.17) is 9.47 Å². The number of benzene rings is 2. The molecule has 1 aliphatic rings. The number of ether oxygens (including phenoxy) is 2. The summed E-state index contributed by atoms with van der Waals surface area (Å²) in [7, 11) is 0. The van der Waals surface area contributed by atoms with E-state index in [1.807, 2.05) is 32.0 Å². The van der Waals surface area contributed by atoms with Gasteiger partial charge in [-0.05, 0) is 0 Å². The summed E-state index contributed by atoms with van der Waals surface area (Å²) in [5.74, 6) is 0.450. The molecule has 1 heterocycles. The molecule has 2 aromatic rings. The maximum absolute atomic E-state index is 11.8. The summed E-state index contributed by atoms with van der Waals surface area (Å²) >= 11 is -0.172. The van der Waals surface area contributed by atoms with Gasteiger partial charge in [-0.25, -0.2) is 0 Å². The van der Waals surface area contributed by atoms with Gasteiger partial charge in [0, 0.05) is 0 Å². The first kappa shape index (κ1) is 15.3. The van der Waals surface area contributed by atoms with Gasteiger partial charge in [-0.3, -0.25) is 0 Å². The number of carbonyl (C=O) groups is 1. The van der Waals surface area contributed by atoms with Crippen LogP contribution in [0.3, 0.4) is 0 Å². The van der Waals surface area contributed by atoms with Crippen molar-refractivity contribution in [1.82, 2.24) is 0 Å². The number of hydrogen-bond acceptors (Lipinski definition) is 3. The molecule has 3 rings (SSSR count). The number of halogens is 1. The monoisotopic (exact) mass is 409 g/mol. The van der Waals surface area contributed by atoms with E-state index >= 15 is 0 Å². The molecule has 0 saturated carbocycles. The topological polar surface area (TPSA) is 35.5 Å². The molecular weight excluding hydrogens is 391 g/mol. The SMILES string of the molecule is CC1(C)CC(Oc2ccc([I-]c3ccccc3)cc2)C(=O)O1. The zero-order valence-electron chi connectivity index (χ0n) is 12.6. The molecule has 1 aliphatic heterocycles. The summed E-state index contributed by atoms with van der Waals surface area (Å²) in [6.07, 6.45) is 0.0922. The van der Waals surface area contributed by atoms with E-state index in [-0.39, 0.29) is 27.2 Å². The fourth-order valence-corrected chi connectivity index (χ4v) is 4.56. The van der Waals surface area contributed by atoms with E-state index in [1.54, 1.807) is 0 Å². The second-order valence-corrected chi connectivity index (χ2v) is 8.87. The Kier molecular flexibility index (Phi) is 4.38. The second kappa shape index (κ2) is 6.28. The first-order valence-electron chi connectivity index (χ1n) is 7.21. The normalized spacial score (nSPS) is 19.9. The number of esters is 1. The van der Waals surface area contributed by atoms with Crippen LogP contribution in [-0.2, 0) is 9.53 Å². The predicted molar refractivity (Wildman–Crippen MR) is 79.5 cm³/mol. The summed E-state index contributed by atoms with van der Waals surface area (Å²) in [5, 5.41) is 0. The third-order valence-corrected chi connectivity index (χ3v) is 6.04. The molecule has 1 saturated heterocycles. The van der Waals surface area contributed by atoms with Crippen molar-refractivity contribution in [3.63, 3.8) is 0 Å². The minimum atomic E-state index is -0.496. The first-order valence-corrected chi connectivity index (χ1v) is 9.37. The molecule has 3 nitrogen and oxygen atoms in total. The molecule has 0 aliphatic carbocycles. The van der Waals surface area contributed by atoms with Gasteiger partial charge >= 0.3 is 141 Å². The van der Waals surface area contributed by atoms with Crippen LogP contribution >= 0.6 is 0 Å². The van der Waals surface area contributed by atoms with Crippen molar-refractivity contribution in [2.24, 2.45) is 0 Å². The molecule has 116 valence electrons. The average Bonchev–Trinajstić information content (AvgIpc) is 2.74. The van der Waals surface area contributed by atoms with Crippen LogP contribution in [0.5, 0.6) is 5.75 Å². The van der Waals surface area contributed by atoms with E-state index in [9.17, 15) is 4.79 Å². The minimum absolute atomic E-state index is 0.172. The molecule has 1 fully saturated rings. The summed E-state index contributed by atoms with van der Waals surface area (Å²) in [6, 6.07) is 18.5. The number of carbonyl (C=O) groups excluding carboxylic acids is 1. The molecule has 0 radical (unpaired) electrons. The molecule has 2 aromatic carbocycles. The van der Waals surface area contributed by atoms with Crippen LogP contribution in [0.25, 0.3) is 0 Å². The molecular formula is C18H18IO3-. The van der Waals surface area contributed by atoms with Crippen LogP contribution in [0.1, 0.15) is 20.3 Å². The van der Waals surface area contributed by atoms with Crippen molar-refractivity contribution in [2.45, 2.75) is 32.0 Å². The number of cyclic esters (lactones) is 1. The summed E-state index contributed by atoms with van der Waals surface area (Å²) in [6.45, 7) is 3.81. The summed E-state index contributed by atoms with van der Waals surface area (Å²) in [5.41, 5.74) is -0.430. The Morgan fingerprint density at radius 1 is 1.05 bits per heavy atom. The van der Waals surface area contributed by atoms with Gasteiger partial charge < -0.3 is 0 Å². The first-order chi connectivity index (χ1) is 10.5. The molecule has 0 spiro atoms. The third kappa shape index (κ3) is 3.80. The Bertz CT molecular complexity index is 650. The van der Waals surface area contributed by atoms with E-state index in [1.165, 1.54) is 7.14 Å². The Morgan fingerprint density at radius 2 is 1.68 bits per heavy atom. The van der Waals surface area contributed by atoms with Crippen LogP contribution in [0.15, 0.2) is 54.6 Å². The van der Waals surface area contributed by atoms with Crippen LogP contribution in [0.2, 0.25) is 0 Å². The quantitative estimate of drug-likeness (QED) is 0.538. The van der Waals surface area contributed by atoms with Gasteiger partial charge in [0.15, 0.2) is 0 Å². The van der Waals surface area contributed by atoms with Gasteiger partial charge in [0.2, 0.25) is 0 Å². The van der Waals surface area contributed by atoms with Gasteiger partial charge in [0.1, 0.15) is 0 Å². The van der Waals surface area contributed by atoms with Gasteiger partial charge in [-0.1, -0.05) is 0 Å². The molecule has 0 N–H and O–H groups in total. The van der Waals surface area contributed by atoms with Crippen molar-refractivity contribution in [1.29, 1.82) is 0 Å². The second-order valence-electron chi connectivity index (χ2n) is 5.84. The standard InChI is InChI=1S/C18H18IO3/c1-18(2)12-16(17(20)22-18)21-15-10-8-14(9-11-15)19-13-6-4-3-5-7-13/h3-11,16H,12H2,1-2H3/q-1. The van der Waals surface area contributed by atoms with Gasteiger partial charge in [0.25, 0.3) is 0 Å². The number of rotatable bonds is 4. The Morgan fingerprint density at radius 3 is 2.27 bits per heavy atom. The Hall–Kier alpha value is -1.56. The van der Waals surface area contributed by atoms with E-state index in [0.29, 0.717) is 6.42 Å². The van der Waals surface area contributed by atoms with E-state index < -0.39 is 11.7 Å². The molecule has 1 unspecified atom stereocenters. The van der Waals surface area contributed by atoms with Crippen molar-refractivity contribution < 1.29 is 35.5 Å². The molecule has 0 bridgehead atoms. The van der Waals surface area contributed by atoms with Crippen LogP contribution in [0.4, 0.5) is 0 Å². The molecule has 0 amide bonds. The Labute approximate surface area is 140 Å². The summed E-state index contributed by atoms with van der Waals surface area (Å²) < 4.78 is 13.8. The molecule has 1 atom stereocenters. The van der Waals surface area contributed by atoms with Crippen molar-refractivity contribution in [3.05, 3.63) is 61.7 Å². The molecule has 0 aromatic heterocycles. The number of hydrogen-bond donors (Lipinski definition) is 0. The fraction of sp³-hybridized carbons (Fsp3) is 0.278. The predicted octanol–water partition coefficient (Wildman–Crippen LogP) is 0.288. The van der Waals surface area contributed by atoms with Crippen molar-refractivity contribution in [3.8, 4) is 5.75 Å². The summed E-state index contributed by atoms with van der Waals surface area (Å²) in [4.78, 5) is 11.8. The maximum atomic E-state index is 11.8. The molecule has 4 heteroatoms. The third-order valence-electron chi connectivity index (χ3n) is 3.36. The van der Waals surface area contributed by atoms with E-state index in [2.05, 4.69) is 36.4 Å². The van der Waals surface area contributed by atoms with Gasteiger partial charge in [-0.2, -0.15) is 0 Å². The van der Waals surface area contributed by atoms with Crippen LogP contribution in [-0.4, -0.2) is 17.7 Å².